The van der Waals surface area contributed by atoms with Gasteiger partial charge >= 0.3 is 6.18 Å². The smallest absolute Gasteiger partial charge is 0.241 e. The molecule has 0 radical (unpaired) electrons. The fraction of sp³-hybridized carbons (Fsp3) is 0.154. The molecule has 0 fully saturated rings. The average molecular weight is 272 g/mol. The molecule has 0 spiro atoms. The summed E-state index contributed by atoms with van der Waals surface area (Å²) >= 11 is 5.81. The summed E-state index contributed by atoms with van der Waals surface area (Å²) in [4.78, 5) is 4.00. The molecule has 0 N–H and O–H groups in total. The van der Waals surface area contributed by atoms with Gasteiger partial charge in [0.1, 0.15) is 5.15 Å². The lowest BCUT2D eigenvalue weighted by Gasteiger charge is -2.08. The second kappa shape index (κ2) is 4.61. The third-order valence-corrected chi connectivity index (χ3v) is 2.66. The van der Waals surface area contributed by atoms with Crippen LogP contribution in [-0.2, 0) is 6.18 Å². The Morgan fingerprint density at radius 2 is 1.61 bits per heavy atom. The van der Waals surface area contributed by atoms with Crippen molar-refractivity contribution in [2.45, 2.75) is 13.1 Å². The van der Waals surface area contributed by atoms with Gasteiger partial charge in [-0.3, -0.25) is 0 Å². The number of aryl methyl sites for hydroxylation is 1. The third kappa shape index (κ3) is 2.82. The zero-order chi connectivity index (χ0) is 13.3. The second-order valence-electron chi connectivity index (χ2n) is 3.90. The Kier molecular flexibility index (Phi) is 3.30. The van der Waals surface area contributed by atoms with Crippen LogP contribution in [0.5, 0.6) is 0 Å². The van der Waals surface area contributed by atoms with Crippen molar-refractivity contribution in [3.8, 4) is 11.1 Å². The van der Waals surface area contributed by atoms with E-state index in [0.717, 1.165) is 23.4 Å². The highest BCUT2D eigenvalue weighted by atomic mass is 35.5. The van der Waals surface area contributed by atoms with E-state index in [-0.39, 0.29) is 0 Å². The third-order valence-electron chi connectivity index (χ3n) is 2.47. The van der Waals surface area contributed by atoms with Crippen LogP contribution < -0.4 is 0 Å². The van der Waals surface area contributed by atoms with E-state index in [9.17, 15) is 13.2 Å². The summed E-state index contributed by atoms with van der Waals surface area (Å²) in [5.74, 6) is 0. The van der Waals surface area contributed by atoms with E-state index in [1.165, 1.54) is 12.1 Å². The maximum atomic E-state index is 12.4. The van der Waals surface area contributed by atoms with Gasteiger partial charge < -0.3 is 0 Å². The SMILES string of the molecule is Cc1cc(-c2ccc(C(F)(F)F)cc2)cc(Cl)n1. The minimum atomic E-state index is -4.32. The topological polar surface area (TPSA) is 12.9 Å². The van der Waals surface area contributed by atoms with Crippen molar-refractivity contribution in [2.75, 3.05) is 0 Å². The molecule has 0 bridgehead atoms. The summed E-state index contributed by atoms with van der Waals surface area (Å²) in [5, 5.41) is 0.324. The van der Waals surface area contributed by atoms with E-state index in [0.29, 0.717) is 10.7 Å². The molecule has 0 saturated carbocycles. The first-order chi connectivity index (χ1) is 8.36. The van der Waals surface area contributed by atoms with Crippen LogP contribution in [0.4, 0.5) is 13.2 Å². The Morgan fingerprint density at radius 1 is 1.00 bits per heavy atom. The largest absolute Gasteiger partial charge is 0.416 e. The molecule has 0 unspecified atom stereocenters. The molecule has 2 aromatic rings. The number of alkyl halides is 3. The van der Waals surface area contributed by atoms with Crippen molar-refractivity contribution in [1.82, 2.24) is 4.98 Å². The highest BCUT2D eigenvalue weighted by Crippen LogP contribution is 2.31. The molecule has 94 valence electrons. The minimum absolute atomic E-state index is 0.324. The number of hydrogen-bond acceptors (Lipinski definition) is 1. The predicted molar refractivity (Wildman–Crippen MR) is 64.4 cm³/mol. The van der Waals surface area contributed by atoms with Crippen molar-refractivity contribution in [3.05, 3.63) is 52.8 Å². The minimum Gasteiger partial charge on any atom is -0.241 e. The predicted octanol–water partition coefficient (Wildman–Crippen LogP) is 4.73. The van der Waals surface area contributed by atoms with E-state index in [2.05, 4.69) is 4.98 Å². The Bertz CT molecular complexity index is 541. The van der Waals surface area contributed by atoms with Gasteiger partial charge in [-0.05, 0) is 42.3 Å². The highest BCUT2D eigenvalue weighted by molar-refractivity contribution is 6.29. The van der Waals surface area contributed by atoms with Crippen molar-refractivity contribution in [2.24, 2.45) is 0 Å². The Hall–Kier alpha value is -1.55. The fourth-order valence-corrected chi connectivity index (χ4v) is 1.90. The number of aromatic nitrogens is 1. The fourth-order valence-electron chi connectivity index (χ4n) is 1.65. The van der Waals surface area contributed by atoms with Crippen LogP contribution in [0.25, 0.3) is 11.1 Å². The maximum absolute atomic E-state index is 12.4. The number of rotatable bonds is 1. The summed E-state index contributed by atoms with van der Waals surface area (Å²) in [6.07, 6.45) is -4.32. The molecule has 1 aromatic heterocycles. The first kappa shape index (κ1) is 12.9. The zero-order valence-electron chi connectivity index (χ0n) is 9.42. The van der Waals surface area contributed by atoms with Gasteiger partial charge in [-0.15, -0.1) is 0 Å². The summed E-state index contributed by atoms with van der Waals surface area (Å²) < 4.78 is 37.3. The van der Waals surface area contributed by atoms with Gasteiger partial charge in [0.05, 0.1) is 5.56 Å². The summed E-state index contributed by atoms with van der Waals surface area (Å²) in [7, 11) is 0. The lowest BCUT2D eigenvalue weighted by Crippen LogP contribution is -2.04. The normalized spacial score (nSPS) is 11.6. The maximum Gasteiger partial charge on any atom is 0.416 e. The van der Waals surface area contributed by atoms with Gasteiger partial charge in [0.25, 0.3) is 0 Å². The molecular weight excluding hydrogens is 263 g/mol. The zero-order valence-corrected chi connectivity index (χ0v) is 10.2. The van der Waals surface area contributed by atoms with Crippen LogP contribution in [0.15, 0.2) is 36.4 Å². The quantitative estimate of drug-likeness (QED) is 0.683. The van der Waals surface area contributed by atoms with E-state index in [1.54, 1.807) is 19.1 Å². The monoisotopic (exact) mass is 271 g/mol. The summed E-state index contributed by atoms with van der Waals surface area (Å²) in [5.41, 5.74) is 1.48. The molecule has 1 heterocycles. The van der Waals surface area contributed by atoms with Crippen molar-refractivity contribution in [3.63, 3.8) is 0 Å². The molecule has 2 rings (SSSR count). The lowest BCUT2D eigenvalue weighted by molar-refractivity contribution is -0.137. The molecule has 5 heteroatoms. The van der Waals surface area contributed by atoms with E-state index in [4.69, 9.17) is 11.6 Å². The molecule has 0 aliphatic carbocycles. The van der Waals surface area contributed by atoms with E-state index in [1.807, 2.05) is 0 Å². The molecule has 1 aromatic carbocycles. The van der Waals surface area contributed by atoms with Crippen LogP contribution >= 0.6 is 11.6 Å². The van der Waals surface area contributed by atoms with E-state index >= 15 is 0 Å². The van der Waals surface area contributed by atoms with Gasteiger partial charge in [0, 0.05) is 5.69 Å². The Labute approximate surface area is 107 Å². The molecule has 0 saturated heterocycles. The number of hydrogen-bond donors (Lipinski definition) is 0. The lowest BCUT2D eigenvalue weighted by atomic mass is 10.0. The molecular formula is C13H9ClF3N. The van der Waals surface area contributed by atoms with Crippen molar-refractivity contribution < 1.29 is 13.2 Å². The highest BCUT2D eigenvalue weighted by Gasteiger charge is 2.29. The standard InChI is InChI=1S/C13H9ClF3N/c1-8-6-10(7-12(14)18-8)9-2-4-11(5-3-9)13(15,16)17/h2-7H,1H3. The van der Waals surface area contributed by atoms with E-state index < -0.39 is 11.7 Å². The number of benzene rings is 1. The molecule has 0 aliphatic rings. The Balaban J connectivity index is 2.40. The summed E-state index contributed by atoms with van der Waals surface area (Å²) in [6.45, 7) is 1.78. The van der Waals surface area contributed by atoms with Gasteiger partial charge in [-0.2, -0.15) is 13.2 Å². The number of pyridine rings is 1. The van der Waals surface area contributed by atoms with Crippen LogP contribution in [-0.4, -0.2) is 4.98 Å². The van der Waals surface area contributed by atoms with Crippen molar-refractivity contribution >= 4 is 11.6 Å². The summed E-state index contributed by atoms with van der Waals surface area (Å²) in [6, 6.07) is 8.35. The van der Waals surface area contributed by atoms with Gasteiger partial charge in [0.15, 0.2) is 0 Å². The first-order valence-electron chi connectivity index (χ1n) is 5.18. The average Bonchev–Trinajstić information content (AvgIpc) is 2.27. The molecule has 1 nitrogen and oxygen atoms in total. The molecule has 0 amide bonds. The van der Waals surface area contributed by atoms with Crippen LogP contribution in [0, 0.1) is 6.92 Å². The van der Waals surface area contributed by atoms with Gasteiger partial charge in [-0.25, -0.2) is 4.98 Å². The Morgan fingerprint density at radius 3 is 2.11 bits per heavy atom. The van der Waals surface area contributed by atoms with Crippen LogP contribution in [0.2, 0.25) is 5.15 Å². The number of nitrogens with zero attached hydrogens (tertiary/aromatic N) is 1. The van der Waals surface area contributed by atoms with Crippen LogP contribution in [0.3, 0.4) is 0 Å². The second-order valence-corrected chi connectivity index (χ2v) is 4.28. The molecule has 18 heavy (non-hydrogen) atoms. The van der Waals surface area contributed by atoms with Crippen LogP contribution in [0.1, 0.15) is 11.3 Å². The number of halogens is 4. The molecule has 0 atom stereocenters. The first-order valence-corrected chi connectivity index (χ1v) is 5.56. The van der Waals surface area contributed by atoms with Crippen molar-refractivity contribution in [1.29, 1.82) is 0 Å². The molecule has 0 aliphatic heterocycles. The van der Waals surface area contributed by atoms with Gasteiger partial charge in [0.2, 0.25) is 0 Å². The van der Waals surface area contributed by atoms with Gasteiger partial charge in [-0.1, -0.05) is 23.7 Å².